The number of hydrogen-bond acceptors (Lipinski definition) is 4. The third kappa shape index (κ3) is 2.16. The van der Waals surface area contributed by atoms with Crippen LogP contribution in [-0.4, -0.2) is 11.5 Å². The predicted molar refractivity (Wildman–Crippen MR) is 66.3 cm³/mol. The number of fused-ring (bicyclic) bond motifs is 1. The summed E-state index contributed by atoms with van der Waals surface area (Å²) < 4.78 is 5.50. The van der Waals surface area contributed by atoms with E-state index in [-0.39, 0.29) is 0 Å². The second kappa shape index (κ2) is 4.26. The Balaban J connectivity index is 2.20. The third-order valence-corrected chi connectivity index (χ3v) is 2.21. The van der Waals surface area contributed by atoms with Crippen LogP contribution >= 0.6 is 0 Å². The van der Waals surface area contributed by atoms with Gasteiger partial charge in [0.1, 0.15) is 5.52 Å². The Labute approximate surface area is 94.2 Å². The fraction of sp³-hybridized carbons (Fsp3) is 0.250. The molecule has 1 aromatic carbocycles. The molecule has 16 heavy (non-hydrogen) atoms. The summed E-state index contributed by atoms with van der Waals surface area (Å²) in [5.41, 5.74) is 9.09. The van der Waals surface area contributed by atoms with Crippen molar-refractivity contribution in [2.75, 3.05) is 17.6 Å². The van der Waals surface area contributed by atoms with Crippen molar-refractivity contribution in [3.05, 3.63) is 29.8 Å². The van der Waals surface area contributed by atoms with E-state index in [4.69, 9.17) is 10.2 Å². The molecule has 4 nitrogen and oxygen atoms in total. The molecule has 1 heterocycles. The second-order valence-electron chi connectivity index (χ2n) is 3.88. The lowest BCUT2D eigenvalue weighted by atomic mass is 10.3. The molecule has 2 aromatic rings. The number of rotatable bonds is 3. The maximum Gasteiger partial charge on any atom is 0.296 e. The number of oxazole rings is 1. The fourth-order valence-electron chi connectivity index (χ4n) is 1.39. The molecule has 3 N–H and O–H groups in total. The van der Waals surface area contributed by atoms with E-state index in [1.165, 1.54) is 5.57 Å². The lowest BCUT2D eigenvalue weighted by Crippen LogP contribution is -1.98. The van der Waals surface area contributed by atoms with Gasteiger partial charge >= 0.3 is 0 Å². The number of nitrogens with two attached hydrogens (primary N) is 1. The van der Waals surface area contributed by atoms with Crippen molar-refractivity contribution in [3.8, 4) is 0 Å². The molecular weight excluding hydrogens is 202 g/mol. The summed E-state index contributed by atoms with van der Waals surface area (Å²) in [6, 6.07) is 6.02. The zero-order valence-corrected chi connectivity index (χ0v) is 9.45. The van der Waals surface area contributed by atoms with Crippen LogP contribution in [0.4, 0.5) is 11.7 Å². The highest BCUT2D eigenvalue weighted by atomic mass is 16.4. The molecule has 2 rings (SSSR count). The Kier molecular flexibility index (Phi) is 2.81. The Morgan fingerprint density at radius 2 is 2.31 bits per heavy atom. The highest BCUT2D eigenvalue weighted by Crippen LogP contribution is 2.23. The van der Waals surface area contributed by atoms with Crippen LogP contribution in [0.15, 0.2) is 34.3 Å². The largest absolute Gasteiger partial charge is 0.423 e. The van der Waals surface area contributed by atoms with E-state index in [2.05, 4.69) is 16.4 Å². The number of nitrogens with zero attached hydrogens (tertiary/aromatic N) is 1. The zero-order chi connectivity index (χ0) is 11.5. The van der Waals surface area contributed by atoms with E-state index in [9.17, 15) is 0 Å². The quantitative estimate of drug-likeness (QED) is 0.613. The highest BCUT2D eigenvalue weighted by Gasteiger charge is 2.06. The minimum absolute atomic E-state index is 0.505. The third-order valence-electron chi connectivity index (χ3n) is 2.21. The molecule has 0 aliphatic rings. The van der Waals surface area contributed by atoms with Crippen molar-refractivity contribution >= 4 is 22.8 Å². The number of para-hydroxylation sites is 1. The smallest absolute Gasteiger partial charge is 0.296 e. The van der Waals surface area contributed by atoms with Crippen molar-refractivity contribution in [3.63, 3.8) is 0 Å². The molecule has 0 atom stereocenters. The number of hydrogen-bond donors (Lipinski definition) is 2. The number of nitrogen functional groups attached to an aromatic ring is 1. The van der Waals surface area contributed by atoms with Crippen LogP contribution < -0.4 is 11.1 Å². The molecule has 0 saturated carbocycles. The SMILES string of the molecule is CC(C)=CCNc1nc2c(N)cccc2o1. The number of nitrogens with one attached hydrogen (secondary N) is 1. The molecular formula is C12H15N3O. The number of allylic oxidation sites excluding steroid dienone is 1. The van der Waals surface area contributed by atoms with E-state index >= 15 is 0 Å². The van der Waals surface area contributed by atoms with Crippen molar-refractivity contribution < 1.29 is 4.42 Å². The van der Waals surface area contributed by atoms with Crippen molar-refractivity contribution in [2.24, 2.45) is 0 Å². The van der Waals surface area contributed by atoms with Gasteiger partial charge in [-0.3, -0.25) is 0 Å². The summed E-state index contributed by atoms with van der Waals surface area (Å²) in [5, 5.41) is 3.08. The van der Waals surface area contributed by atoms with Gasteiger partial charge in [0.15, 0.2) is 5.58 Å². The molecule has 0 spiro atoms. The molecule has 0 radical (unpaired) electrons. The van der Waals surface area contributed by atoms with E-state index in [0.717, 1.165) is 0 Å². The molecule has 1 aromatic heterocycles. The lowest BCUT2D eigenvalue weighted by Gasteiger charge is -1.95. The van der Waals surface area contributed by atoms with Crippen LogP contribution in [0.2, 0.25) is 0 Å². The van der Waals surface area contributed by atoms with Crippen molar-refractivity contribution in [1.29, 1.82) is 0 Å². The summed E-state index contributed by atoms with van der Waals surface area (Å²) in [6.45, 7) is 4.80. The van der Waals surface area contributed by atoms with E-state index < -0.39 is 0 Å². The lowest BCUT2D eigenvalue weighted by molar-refractivity contribution is 0.618. The van der Waals surface area contributed by atoms with Gasteiger partial charge in [0.2, 0.25) is 0 Å². The normalized spacial score (nSPS) is 10.4. The van der Waals surface area contributed by atoms with Crippen LogP contribution in [0, 0.1) is 0 Å². The summed E-state index contributed by atoms with van der Waals surface area (Å²) in [5.74, 6) is 0. The Bertz CT molecular complexity index is 524. The molecule has 0 saturated heterocycles. The maximum absolute atomic E-state index is 5.78. The molecule has 0 bridgehead atoms. The number of aromatic nitrogens is 1. The van der Waals surface area contributed by atoms with E-state index in [1.54, 1.807) is 0 Å². The van der Waals surface area contributed by atoms with Crippen molar-refractivity contribution in [2.45, 2.75) is 13.8 Å². The zero-order valence-electron chi connectivity index (χ0n) is 9.45. The summed E-state index contributed by atoms with van der Waals surface area (Å²) in [7, 11) is 0. The first-order valence-corrected chi connectivity index (χ1v) is 5.19. The highest BCUT2D eigenvalue weighted by molar-refractivity contribution is 5.86. The van der Waals surface area contributed by atoms with Gasteiger partial charge in [0.05, 0.1) is 5.69 Å². The molecule has 0 aliphatic carbocycles. The predicted octanol–water partition coefficient (Wildman–Crippen LogP) is 2.79. The van der Waals surface area contributed by atoms with Crippen molar-refractivity contribution in [1.82, 2.24) is 4.98 Å². The Hall–Kier alpha value is -1.97. The van der Waals surface area contributed by atoms with Crippen LogP contribution in [0.3, 0.4) is 0 Å². The Morgan fingerprint density at radius 3 is 3.00 bits per heavy atom. The van der Waals surface area contributed by atoms with Crippen LogP contribution in [0.25, 0.3) is 11.1 Å². The van der Waals surface area contributed by atoms with Gasteiger partial charge in [-0.2, -0.15) is 4.98 Å². The summed E-state index contributed by atoms with van der Waals surface area (Å²) >= 11 is 0. The fourth-order valence-corrected chi connectivity index (χ4v) is 1.39. The monoisotopic (exact) mass is 217 g/mol. The minimum Gasteiger partial charge on any atom is -0.423 e. The maximum atomic E-state index is 5.78. The van der Waals surface area contributed by atoms with Gasteiger partial charge < -0.3 is 15.5 Å². The first-order chi connectivity index (χ1) is 7.66. The van der Waals surface area contributed by atoms with Gasteiger partial charge in [-0.15, -0.1) is 0 Å². The molecule has 0 unspecified atom stereocenters. The van der Waals surface area contributed by atoms with Gasteiger partial charge in [0.25, 0.3) is 6.01 Å². The van der Waals surface area contributed by atoms with E-state index in [1.807, 2.05) is 32.0 Å². The van der Waals surface area contributed by atoms with Crippen LogP contribution in [0.1, 0.15) is 13.8 Å². The minimum atomic E-state index is 0.505. The molecule has 0 aliphatic heterocycles. The van der Waals surface area contributed by atoms with Gasteiger partial charge in [-0.1, -0.05) is 17.7 Å². The van der Waals surface area contributed by atoms with E-state index in [0.29, 0.717) is 29.3 Å². The first kappa shape index (κ1) is 10.5. The standard InChI is InChI=1S/C12H15N3O/c1-8(2)6-7-14-12-15-11-9(13)4-3-5-10(11)16-12/h3-6H,7,13H2,1-2H3,(H,14,15). The average molecular weight is 217 g/mol. The molecule has 0 fully saturated rings. The number of benzene rings is 1. The Morgan fingerprint density at radius 1 is 1.50 bits per heavy atom. The molecule has 0 amide bonds. The molecule has 4 heteroatoms. The van der Waals surface area contributed by atoms with Crippen LogP contribution in [-0.2, 0) is 0 Å². The number of anilines is 2. The summed E-state index contributed by atoms with van der Waals surface area (Å²) in [4.78, 5) is 4.28. The second-order valence-corrected chi connectivity index (χ2v) is 3.88. The molecule has 84 valence electrons. The van der Waals surface area contributed by atoms with Gasteiger partial charge in [0, 0.05) is 6.54 Å². The average Bonchev–Trinajstić information content (AvgIpc) is 2.61. The van der Waals surface area contributed by atoms with Crippen LogP contribution in [0.5, 0.6) is 0 Å². The van der Waals surface area contributed by atoms with Gasteiger partial charge in [-0.05, 0) is 26.0 Å². The first-order valence-electron chi connectivity index (χ1n) is 5.19. The summed E-state index contributed by atoms with van der Waals surface area (Å²) in [6.07, 6.45) is 2.07. The topological polar surface area (TPSA) is 64.1 Å². The van der Waals surface area contributed by atoms with Gasteiger partial charge in [-0.25, -0.2) is 0 Å².